The summed E-state index contributed by atoms with van der Waals surface area (Å²) >= 11 is 0. The highest BCUT2D eigenvalue weighted by Crippen LogP contribution is 2.27. The van der Waals surface area contributed by atoms with E-state index >= 15 is 0 Å². The van der Waals surface area contributed by atoms with Crippen LogP contribution < -0.4 is 16.0 Å². The lowest BCUT2D eigenvalue weighted by atomic mass is 10.2. The first-order chi connectivity index (χ1) is 14.2. The third kappa shape index (κ3) is 3.39. The molecule has 0 spiro atoms. The Kier molecular flexibility index (Phi) is 4.74. The Morgan fingerprint density at radius 3 is 2.57 bits per heavy atom. The molecule has 9 nitrogen and oxygen atoms in total. The first-order valence-corrected chi connectivity index (χ1v) is 10.2. The number of H-pyrrole nitrogens is 2. The Morgan fingerprint density at radius 1 is 1.10 bits per heavy atom. The predicted molar refractivity (Wildman–Crippen MR) is 105 cm³/mol. The van der Waals surface area contributed by atoms with Gasteiger partial charge in [-0.1, -0.05) is 12.1 Å². The minimum absolute atomic E-state index is 0.0371. The van der Waals surface area contributed by atoms with Crippen molar-refractivity contribution in [1.82, 2.24) is 24.2 Å². The summed E-state index contributed by atoms with van der Waals surface area (Å²) < 4.78 is 55.9. The second-order valence-corrected chi connectivity index (χ2v) is 8.28. The molecule has 0 fully saturated rings. The van der Waals surface area contributed by atoms with Gasteiger partial charge < -0.3 is 4.98 Å². The number of hydrogen-bond donors (Lipinski definition) is 3. The quantitative estimate of drug-likeness (QED) is 0.442. The van der Waals surface area contributed by atoms with Crippen molar-refractivity contribution in [2.24, 2.45) is 0 Å². The van der Waals surface area contributed by atoms with E-state index in [2.05, 4.69) is 14.7 Å². The van der Waals surface area contributed by atoms with Crippen LogP contribution in [-0.2, 0) is 10.0 Å². The number of fused-ring (bicyclic) bond motifs is 2. The fourth-order valence-corrected chi connectivity index (χ4v) is 4.47. The summed E-state index contributed by atoms with van der Waals surface area (Å²) in [5.74, 6) is -0.155. The van der Waals surface area contributed by atoms with Crippen LogP contribution in [0.3, 0.4) is 0 Å². The van der Waals surface area contributed by atoms with Gasteiger partial charge >= 0.3 is 12.2 Å². The predicted octanol–water partition coefficient (Wildman–Crippen LogP) is 2.00. The van der Waals surface area contributed by atoms with E-state index in [1.807, 2.05) is 4.98 Å². The van der Waals surface area contributed by atoms with Crippen LogP contribution in [-0.4, -0.2) is 27.9 Å². The molecule has 4 aromatic rings. The molecule has 156 valence electrons. The van der Waals surface area contributed by atoms with Crippen LogP contribution >= 0.6 is 0 Å². The van der Waals surface area contributed by atoms with E-state index < -0.39 is 33.9 Å². The lowest BCUT2D eigenvalue weighted by molar-refractivity contribution is 0.0702. The normalized spacial score (nSPS) is 13.3. The molecule has 3 N–H and O–H groups in total. The topological polar surface area (TPSA) is 130 Å². The number of aromatic nitrogens is 4. The first kappa shape index (κ1) is 19.9. The van der Waals surface area contributed by atoms with E-state index in [4.69, 9.17) is 0 Å². The molecule has 2 aromatic carbocycles. The van der Waals surface area contributed by atoms with Crippen LogP contribution in [0.1, 0.15) is 25.3 Å². The Bertz CT molecular complexity index is 1490. The van der Waals surface area contributed by atoms with Gasteiger partial charge in [-0.25, -0.2) is 22.9 Å². The molecular formula is C18H15F2N5O4S. The molecule has 12 heteroatoms. The van der Waals surface area contributed by atoms with Gasteiger partial charge in [-0.2, -0.15) is 8.78 Å². The summed E-state index contributed by atoms with van der Waals surface area (Å²) in [6.07, 6.45) is 0. The average molecular weight is 435 g/mol. The smallest absolute Gasteiger partial charge is 0.307 e. The number of para-hydroxylation sites is 2. The lowest BCUT2D eigenvalue weighted by Gasteiger charge is -2.16. The van der Waals surface area contributed by atoms with Gasteiger partial charge in [0.05, 0.1) is 32.9 Å². The monoisotopic (exact) mass is 435 g/mol. The highest BCUT2D eigenvalue weighted by Gasteiger charge is 2.26. The van der Waals surface area contributed by atoms with Crippen molar-refractivity contribution < 1.29 is 17.2 Å². The Balaban J connectivity index is 1.74. The van der Waals surface area contributed by atoms with Gasteiger partial charge in [0.15, 0.2) is 0 Å². The van der Waals surface area contributed by atoms with E-state index in [0.29, 0.717) is 10.1 Å². The standard InChI is InChI=1S/C18H15F2N5O4S/c1-9(15-21-13-4-2-3-5-14(13)25(15)17(19)20)24-30(28,29)10-6-7-12-11(8-10)16(26)23-18(27)22-12/h2-9,17,24H,1H3,(H2,22,23,26,27)/t9-/m0/s1. The summed E-state index contributed by atoms with van der Waals surface area (Å²) in [7, 11) is -4.20. The highest BCUT2D eigenvalue weighted by molar-refractivity contribution is 7.89. The molecule has 0 aliphatic heterocycles. The number of nitrogens with zero attached hydrogens (tertiary/aromatic N) is 2. The zero-order valence-corrected chi connectivity index (χ0v) is 16.2. The van der Waals surface area contributed by atoms with Crippen molar-refractivity contribution in [2.75, 3.05) is 0 Å². The fourth-order valence-electron chi connectivity index (χ4n) is 3.24. The number of imidazole rings is 1. The van der Waals surface area contributed by atoms with Crippen LogP contribution in [0.4, 0.5) is 8.78 Å². The van der Waals surface area contributed by atoms with Crippen molar-refractivity contribution in [3.05, 3.63) is 69.1 Å². The van der Waals surface area contributed by atoms with Crippen molar-refractivity contribution in [1.29, 1.82) is 0 Å². The maximum atomic E-state index is 13.6. The van der Waals surface area contributed by atoms with Gasteiger partial charge in [0.1, 0.15) is 5.82 Å². The number of nitrogens with one attached hydrogen (secondary N) is 3. The number of rotatable bonds is 5. The van der Waals surface area contributed by atoms with E-state index in [1.165, 1.54) is 25.1 Å². The van der Waals surface area contributed by atoms with Crippen LogP contribution in [0.2, 0.25) is 0 Å². The summed E-state index contributed by atoms with van der Waals surface area (Å²) in [6, 6.07) is 8.71. The highest BCUT2D eigenvalue weighted by atomic mass is 32.2. The van der Waals surface area contributed by atoms with Crippen molar-refractivity contribution in [2.45, 2.75) is 24.4 Å². The molecule has 2 heterocycles. The molecule has 4 rings (SSSR count). The molecule has 0 aliphatic carbocycles. The van der Waals surface area contributed by atoms with Crippen LogP contribution in [0.25, 0.3) is 21.9 Å². The zero-order chi connectivity index (χ0) is 21.6. The number of benzene rings is 2. The SMILES string of the molecule is C[C@H](NS(=O)(=O)c1ccc2[nH]c(=O)[nH]c(=O)c2c1)c1nc2ccccc2n1C(F)F. The number of alkyl halides is 2. The lowest BCUT2D eigenvalue weighted by Crippen LogP contribution is -2.29. The molecule has 30 heavy (non-hydrogen) atoms. The minimum atomic E-state index is -4.20. The van der Waals surface area contributed by atoms with Crippen LogP contribution in [0, 0.1) is 0 Å². The number of aromatic amines is 2. The maximum absolute atomic E-state index is 13.6. The Labute approximate surface area is 167 Å². The van der Waals surface area contributed by atoms with Crippen molar-refractivity contribution >= 4 is 32.0 Å². The molecule has 0 aliphatic rings. The first-order valence-electron chi connectivity index (χ1n) is 8.71. The molecule has 0 unspecified atom stereocenters. The van der Waals surface area contributed by atoms with Crippen molar-refractivity contribution in [3.63, 3.8) is 0 Å². The Hall–Kier alpha value is -3.38. The number of hydrogen-bond acceptors (Lipinski definition) is 5. The summed E-state index contributed by atoms with van der Waals surface area (Å²) in [4.78, 5) is 31.6. The van der Waals surface area contributed by atoms with Gasteiger partial charge in [-0.15, -0.1) is 0 Å². The van der Waals surface area contributed by atoms with Gasteiger partial charge in [-0.3, -0.25) is 14.3 Å². The maximum Gasteiger partial charge on any atom is 0.326 e. The largest absolute Gasteiger partial charge is 0.326 e. The molecule has 0 radical (unpaired) electrons. The van der Waals surface area contributed by atoms with Crippen LogP contribution in [0.5, 0.6) is 0 Å². The van der Waals surface area contributed by atoms with E-state index in [0.717, 1.165) is 6.07 Å². The van der Waals surface area contributed by atoms with E-state index in [1.54, 1.807) is 18.2 Å². The van der Waals surface area contributed by atoms with Gasteiger partial charge in [0, 0.05) is 0 Å². The summed E-state index contributed by atoms with van der Waals surface area (Å²) in [6.45, 7) is -1.53. The van der Waals surface area contributed by atoms with Crippen LogP contribution in [0.15, 0.2) is 56.9 Å². The van der Waals surface area contributed by atoms with Gasteiger partial charge in [0.2, 0.25) is 10.0 Å². The molecule has 0 saturated carbocycles. The summed E-state index contributed by atoms with van der Waals surface area (Å²) in [5.41, 5.74) is -0.830. The van der Waals surface area contributed by atoms with Crippen molar-refractivity contribution in [3.8, 4) is 0 Å². The van der Waals surface area contributed by atoms with Gasteiger partial charge in [0.25, 0.3) is 5.56 Å². The number of sulfonamides is 1. The second-order valence-electron chi connectivity index (χ2n) is 6.56. The average Bonchev–Trinajstić information content (AvgIpc) is 3.07. The molecule has 0 saturated heterocycles. The molecule has 2 aromatic heterocycles. The van der Waals surface area contributed by atoms with E-state index in [-0.39, 0.29) is 27.1 Å². The fraction of sp³-hybridized carbons (Fsp3) is 0.167. The molecular weight excluding hydrogens is 420 g/mol. The Morgan fingerprint density at radius 2 is 1.83 bits per heavy atom. The molecule has 0 bridgehead atoms. The summed E-state index contributed by atoms with van der Waals surface area (Å²) in [5, 5.41) is -0.0371. The number of halogens is 2. The zero-order valence-electron chi connectivity index (χ0n) is 15.4. The van der Waals surface area contributed by atoms with E-state index in [9.17, 15) is 26.8 Å². The third-order valence-electron chi connectivity index (χ3n) is 4.56. The second kappa shape index (κ2) is 7.15. The van der Waals surface area contributed by atoms with Gasteiger partial charge in [-0.05, 0) is 37.3 Å². The third-order valence-corrected chi connectivity index (χ3v) is 6.10. The molecule has 0 amide bonds. The minimum Gasteiger partial charge on any atom is -0.307 e. The molecule has 1 atom stereocenters.